The molecule has 0 aliphatic rings. The fourth-order valence-corrected chi connectivity index (χ4v) is 3.56. The summed E-state index contributed by atoms with van der Waals surface area (Å²) in [5.41, 5.74) is 1.28. The van der Waals surface area contributed by atoms with Gasteiger partial charge in [-0.15, -0.1) is 11.3 Å². The van der Waals surface area contributed by atoms with Gasteiger partial charge in [-0.25, -0.2) is 0 Å². The molecular weight excluding hydrogens is 334 g/mol. The summed E-state index contributed by atoms with van der Waals surface area (Å²) in [4.78, 5) is 1.41. The maximum absolute atomic E-state index is 9.25. The predicted octanol–water partition coefficient (Wildman–Crippen LogP) is 4.37. The van der Waals surface area contributed by atoms with Gasteiger partial charge in [0.05, 0.1) is 3.79 Å². The number of nitrogens with one attached hydrogen (secondary N) is 1. The Kier molecular flexibility index (Phi) is 6.07. The van der Waals surface area contributed by atoms with Crippen molar-refractivity contribution in [3.8, 4) is 5.75 Å². The summed E-state index contributed by atoms with van der Waals surface area (Å²) in [6, 6.07) is 12.3. The van der Waals surface area contributed by atoms with Crippen LogP contribution in [0.2, 0.25) is 0 Å². The highest BCUT2D eigenvalue weighted by Crippen LogP contribution is 2.22. The van der Waals surface area contributed by atoms with E-state index in [9.17, 15) is 5.11 Å². The van der Waals surface area contributed by atoms with E-state index in [-0.39, 0.29) is 0 Å². The first-order valence-corrected chi connectivity index (χ1v) is 8.50. The zero-order valence-electron chi connectivity index (χ0n) is 11.6. The lowest BCUT2D eigenvalue weighted by atomic mass is 10.1. The largest absolute Gasteiger partial charge is 0.508 e. The third kappa shape index (κ3) is 5.27. The molecule has 0 saturated heterocycles. The van der Waals surface area contributed by atoms with E-state index >= 15 is 0 Å². The fourth-order valence-electron chi connectivity index (χ4n) is 2.08. The van der Waals surface area contributed by atoms with Crippen molar-refractivity contribution in [2.24, 2.45) is 0 Å². The Morgan fingerprint density at radius 2 is 1.90 bits per heavy atom. The van der Waals surface area contributed by atoms with Crippen LogP contribution in [-0.4, -0.2) is 17.7 Å². The molecule has 1 aromatic carbocycles. The smallest absolute Gasteiger partial charge is 0.115 e. The van der Waals surface area contributed by atoms with Crippen LogP contribution in [0.15, 0.2) is 40.2 Å². The fraction of sp³-hybridized carbons (Fsp3) is 0.375. The SMILES string of the molecule is CC(CCc1ccc(O)cc1)NCCc1ccc(Br)s1. The molecule has 0 aliphatic heterocycles. The molecule has 4 heteroatoms. The van der Waals surface area contributed by atoms with Gasteiger partial charge < -0.3 is 10.4 Å². The molecule has 108 valence electrons. The average molecular weight is 354 g/mol. The molecule has 0 fully saturated rings. The molecule has 0 saturated carbocycles. The van der Waals surface area contributed by atoms with Gasteiger partial charge in [-0.05, 0) is 71.9 Å². The minimum Gasteiger partial charge on any atom is -0.508 e. The summed E-state index contributed by atoms with van der Waals surface area (Å²) >= 11 is 5.29. The van der Waals surface area contributed by atoms with Crippen LogP contribution in [0, 0.1) is 0 Å². The third-order valence-corrected chi connectivity index (χ3v) is 4.98. The monoisotopic (exact) mass is 353 g/mol. The van der Waals surface area contributed by atoms with E-state index in [0.717, 1.165) is 25.8 Å². The molecule has 0 amide bonds. The molecule has 2 nitrogen and oxygen atoms in total. The summed E-state index contributed by atoms with van der Waals surface area (Å²) in [5.74, 6) is 0.335. The van der Waals surface area contributed by atoms with Crippen molar-refractivity contribution in [2.75, 3.05) is 6.54 Å². The Morgan fingerprint density at radius 1 is 1.15 bits per heavy atom. The Balaban J connectivity index is 1.65. The van der Waals surface area contributed by atoms with Crippen LogP contribution >= 0.6 is 27.3 Å². The first kappa shape index (κ1) is 15.5. The maximum atomic E-state index is 9.25. The highest BCUT2D eigenvalue weighted by atomic mass is 79.9. The molecule has 0 aliphatic carbocycles. The van der Waals surface area contributed by atoms with Gasteiger partial charge in [-0.3, -0.25) is 0 Å². The lowest BCUT2D eigenvalue weighted by molar-refractivity contribution is 0.474. The molecular formula is C16H20BrNOS. The van der Waals surface area contributed by atoms with E-state index in [1.807, 2.05) is 12.1 Å². The quantitative estimate of drug-likeness (QED) is 0.774. The average Bonchev–Trinajstić information content (AvgIpc) is 2.84. The highest BCUT2D eigenvalue weighted by molar-refractivity contribution is 9.11. The van der Waals surface area contributed by atoms with Crippen LogP contribution < -0.4 is 5.32 Å². The van der Waals surface area contributed by atoms with Crippen molar-refractivity contribution in [1.29, 1.82) is 0 Å². The van der Waals surface area contributed by atoms with Crippen molar-refractivity contribution in [3.05, 3.63) is 50.6 Å². The summed E-state index contributed by atoms with van der Waals surface area (Å²) in [6.45, 7) is 3.24. The van der Waals surface area contributed by atoms with E-state index in [1.54, 1.807) is 23.5 Å². The number of rotatable bonds is 7. The predicted molar refractivity (Wildman–Crippen MR) is 89.6 cm³/mol. The third-order valence-electron chi connectivity index (χ3n) is 3.30. The number of aromatic hydroxyl groups is 1. The van der Waals surface area contributed by atoms with Gasteiger partial charge in [0.2, 0.25) is 0 Å². The zero-order chi connectivity index (χ0) is 14.4. The van der Waals surface area contributed by atoms with Crippen LogP contribution in [0.3, 0.4) is 0 Å². The van der Waals surface area contributed by atoms with Crippen molar-refractivity contribution >= 4 is 27.3 Å². The number of aryl methyl sites for hydroxylation is 1. The summed E-state index contributed by atoms with van der Waals surface area (Å²) in [6.07, 6.45) is 3.23. The molecule has 20 heavy (non-hydrogen) atoms. The standard InChI is InChI=1S/C16H20BrNOS/c1-12(2-3-13-4-6-14(19)7-5-13)18-11-10-15-8-9-16(17)20-15/h4-9,12,18-19H,2-3,10-11H2,1H3. The number of hydrogen-bond donors (Lipinski definition) is 2. The number of phenols is 1. The summed E-state index contributed by atoms with van der Waals surface area (Å²) in [5, 5.41) is 12.8. The number of benzene rings is 1. The topological polar surface area (TPSA) is 32.3 Å². The van der Waals surface area contributed by atoms with Gasteiger partial charge in [0.1, 0.15) is 5.75 Å². The minimum absolute atomic E-state index is 0.335. The second-order valence-corrected chi connectivity index (χ2v) is 7.56. The molecule has 1 unspecified atom stereocenters. The van der Waals surface area contributed by atoms with E-state index < -0.39 is 0 Å². The van der Waals surface area contributed by atoms with Crippen LogP contribution in [0.1, 0.15) is 23.8 Å². The second-order valence-electron chi connectivity index (χ2n) is 5.02. The molecule has 2 rings (SSSR count). The van der Waals surface area contributed by atoms with Gasteiger partial charge in [0.25, 0.3) is 0 Å². The second kappa shape index (κ2) is 7.81. The van der Waals surface area contributed by atoms with Crippen molar-refractivity contribution in [2.45, 2.75) is 32.2 Å². The van der Waals surface area contributed by atoms with Crippen molar-refractivity contribution in [3.63, 3.8) is 0 Å². The molecule has 0 radical (unpaired) electrons. The maximum Gasteiger partial charge on any atom is 0.115 e. The number of hydrogen-bond acceptors (Lipinski definition) is 3. The van der Waals surface area contributed by atoms with Gasteiger partial charge in [0, 0.05) is 17.5 Å². The summed E-state index contributed by atoms with van der Waals surface area (Å²) in [7, 11) is 0. The van der Waals surface area contributed by atoms with Crippen LogP contribution in [0.5, 0.6) is 5.75 Å². The first-order chi connectivity index (χ1) is 9.63. The molecule has 1 atom stereocenters. The molecule has 2 N–H and O–H groups in total. The Labute approximate surface area is 133 Å². The van der Waals surface area contributed by atoms with Crippen LogP contribution in [-0.2, 0) is 12.8 Å². The first-order valence-electron chi connectivity index (χ1n) is 6.89. The van der Waals surface area contributed by atoms with E-state index in [1.165, 1.54) is 14.2 Å². The molecule has 1 heterocycles. The number of phenolic OH excluding ortho intramolecular Hbond substituents is 1. The molecule has 1 aromatic heterocycles. The number of thiophene rings is 1. The van der Waals surface area contributed by atoms with E-state index in [4.69, 9.17) is 0 Å². The Hall–Kier alpha value is -0.840. The molecule has 0 bridgehead atoms. The van der Waals surface area contributed by atoms with Gasteiger partial charge in [0.15, 0.2) is 0 Å². The molecule has 2 aromatic rings. The normalized spacial score (nSPS) is 12.5. The van der Waals surface area contributed by atoms with Gasteiger partial charge >= 0.3 is 0 Å². The highest BCUT2D eigenvalue weighted by Gasteiger charge is 2.03. The lowest BCUT2D eigenvalue weighted by Gasteiger charge is -2.13. The van der Waals surface area contributed by atoms with Crippen molar-refractivity contribution in [1.82, 2.24) is 5.32 Å². The van der Waals surface area contributed by atoms with Gasteiger partial charge in [-0.2, -0.15) is 0 Å². The zero-order valence-corrected chi connectivity index (χ0v) is 14.0. The lowest BCUT2D eigenvalue weighted by Crippen LogP contribution is -2.28. The summed E-state index contributed by atoms with van der Waals surface area (Å²) < 4.78 is 1.20. The Bertz CT molecular complexity index is 524. The number of halogens is 1. The van der Waals surface area contributed by atoms with Crippen LogP contribution in [0.4, 0.5) is 0 Å². The van der Waals surface area contributed by atoms with Crippen molar-refractivity contribution < 1.29 is 5.11 Å². The Morgan fingerprint density at radius 3 is 2.55 bits per heavy atom. The van der Waals surface area contributed by atoms with E-state index in [0.29, 0.717) is 11.8 Å². The molecule has 0 spiro atoms. The minimum atomic E-state index is 0.335. The van der Waals surface area contributed by atoms with E-state index in [2.05, 4.69) is 40.3 Å². The van der Waals surface area contributed by atoms with Gasteiger partial charge in [-0.1, -0.05) is 12.1 Å². The van der Waals surface area contributed by atoms with Crippen LogP contribution in [0.25, 0.3) is 0 Å².